The summed E-state index contributed by atoms with van der Waals surface area (Å²) in [6, 6.07) is 8.32. The molecule has 0 bridgehead atoms. The maximum Gasteiger partial charge on any atom is 0.227 e. The first kappa shape index (κ1) is 15.5. The van der Waals surface area contributed by atoms with Gasteiger partial charge in [0.15, 0.2) is 0 Å². The molecule has 1 N–H and O–H groups in total. The van der Waals surface area contributed by atoms with Crippen molar-refractivity contribution >= 4 is 21.8 Å². The highest BCUT2D eigenvalue weighted by atomic mass is 79.9. The van der Waals surface area contributed by atoms with E-state index < -0.39 is 0 Å². The molecule has 0 aliphatic heterocycles. The second-order valence-corrected chi connectivity index (χ2v) is 5.88. The Morgan fingerprint density at radius 3 is 3.05 bits per heavy atom. The van der Waals surface area contributed by atoms with Gasteiger partial charge in [0.05, 0.1) is 12.5 Å². The Labute approximate surface area is 129 Å². The van der Waals surface area contributed by atoms with Crippen molar-refractivity contribution in [2.45, 2.75) is 31.6 Å². The van der Waals surface area contributed by atoms with E-state index in [1.807, 2.05) is 6.07 Å². The minimum Gasteiger partial charge on any atom is -0.381 e. The van der Waals surface area contributed by atoms with Crippen LogP contribution in [0.3, 0.4) is 0 Å². The molecule has 110 valence electrons. The van der Waals surface area contributed by atoms with Gasteiger partial charge < -0.3 is 10.1 Å². The molecular weight excluding hydrogens is 318 g/mol. The van der Waals surface area contributed by atoms with Crippen LogP contribution < -0.4 is 5.32 Å². The number of ether oxygens (including phenoxy) is 1. The van der Waals surface area contributed by atoms with Crippen molar-refractivity contribution < 1.29 is 9.53 Å². The molecule has 0 aromatic heterocycles. The zero-order valence-corrected chi connectivity index (χ0v) is 13.3. The van der Waals surface area contributed by atoms with E-state index in [0.717, 1.165) is 37.6 Å². The molecule has 1 atom stereocenters. The molecule has 1 unspecified atom stereocenters. The summed E-state index contributed by atoms with van der Waals surface area (Å²) in [6.07, 6.45) is 4.03. The summed E-state index contributed by atoms with van der Waals surface area (Å²) in [7, 11) is 0. The van der Waals surface area contributed by atoms with E-state index in [9.17, 15) is 4.79 Å². The Morgan fingerprint density at radius 2 is 2.20 bits per heavy atom. The van der Waals surface area contributed by atoms with E-state index in [-0.39, 0.29) is 11.8 Å². The van der Waals surface area contributed by atoms with Crippen molar-refractivity contribution in [1.29, 1.82) is 0 Å². The van der Waals surface area contributed by atoms with Crippen molar-refractivity contribution in [2.75, 3.05) is 25.1 Å². The number of carbonyl (C=O) groups excluding carboxylic acids is 1. The van der Waals surface area contributed by atoms with E-state index in [4.69, 9.17) is 4.74 Å². The lowest BCUT2D eigenvalue weighted by Crippen LogP contribution is -2.32. The third-order valence-electron chi connectivity index (χ3n) is 3.67. The molecule has 4 heteroatoms. The van der Waals surface area contributed by atoms with Crippen LogP contribution >= 0.6 is 15.9 Å². The maximum absolute atomic E-state index is 12.3. The van der Waals surface area contributed by atoms with E-state index in [2.05, 4.69) is 39.4 Å². The Hall–Kier alpha value is -0.870. The third kappa shape index (κ3) is 4.32. The van der Waals surface area contributed by atoms with E-state index in [0.29, 0.717) is 13.2 Å². The van der Waals surface area contributed by atoms with Crippen molar-refractivity contribution in [3.05, 3.63) is 35.4 Å². The highest BCUT2D eigenvalue weighted by Gasteiger charge is 2.25. The van der Waals surface area contributed by atoms with Crippen molar-refractivity contribution in [3.8, 4) is 0 Å². The van der Waals surface area contributed by atoms with Gasteiger partial charge in [-0.05, 0) is 36.8 Å². The fourth-order valence-corrected chi connectivity index (χ4v) is 2.92. The van der Waals surface area contributed by atoms with Gasteiger partial charge in [0.1, 0.15) is 0 Å². The second kappa shape index (κ2) is 8.42. The van der Waals surface area contributed by atoms with Crippen LogP contribution in [0.1, 0.15) is 36.3 Å². The molecule has 0 spiro atoms. The third-order valence-corrected chi connectivity index (χ3v) is 4.00. The van der Waals surface area contributed by atoms with Crippen LogP contribution in [0.5, 0.6) is 0 Å². The predicted molar refractivity (Wildman–Crippen MR) is 84.4 cm³/mol. The number of halogens is 1. The Kier molecular flexibility index (Phi) is 6.54. The van der Waals surface area contributed by atoms with Gasteiger partial charge in [-0.1, -0.05) is 40.2 Å². The lowest BCUT2D eigenvalue weighted by atomic mass is 9.82. The Balaban J connectivity index is 1.79. The number of carbonyl (C=O) groups is 1. The first-order valence-corrected chi connectivity index (χ1v) is 8.44. The van der Waals surface area contributed by atoms with Crippen LogP contribution in [0.25, 0.3) is 0 Å². The number of fused-ring (bicyclic) bond motifs is 1. The van der Waals surface area contributed by atoms with E-state index in [1.54, 1.807) is 0 Å². The molecule has 2 rings (SSSR count). The summed E-state index contributed by atoms with van der Waals surface area (Å²) in [5.41, 5.74) is 2.55. The quantitative estimate of drug-likeness (QED) is 0.612. The zero-order chi connectivity index (χ0) is 14.2. The lowest BCUT2D eigenvalue weighted by molar-refractivity contribution is -0.122. The van der Waals surface area contributed by atoms with Gasteiger partial charge in [0, 0.05) is 18.5 Å². The van der Waals surface area contributed by atoms with Gasteiger partial charge in [0.2, 0.25) is 5.91 Å². The minimum atomic E-state index is 0.0309. The molecule has 20 heavy (non-hydrogen) atoms. The summed E-state index contributed by atoms with van der Waals surface area (Å²) in [5, 5.41) is 3.90. The molecule has 0 saturated carbocycles. The summed E-state index contributed by atoms with van der Waals surface area (Å²) >= 11 is 3.31. The van der Waals surface area contributed by atoms with Crippen LogP contribution in [0.15, 0.2) is 24.3 Å². The number of nitrogens with one attached hydrogen (secondary N) is 1. The smallest absolute Gasteiger partial charge is 0.227 e. The number of hydrogen-bond donors (Lipinski definition) is 1. The number of amides is 1. The first-order valence-electron chi connectivity index (χ1n) is 7.32. The van der Waals surface area contributed by atoms with Crippen LogP contribution in [0.2, 0.25) is 0 Å². The summed E-state index contributed by atoms with van der Waals surface area (Å²) in [6.45, 7) is 2.12. The predicted octanol–water partition coefficient (Wildman–Crippen LogP) is 3.02. The number of alkyl halides is 1. The molecule has 0 radical (unpaired) electrons. The first-order chi connectivity index (χ1) is 9.83. The number of aryl methyl sites for hydroxylation is 1. The number of hydrogen-bond acceptors (Lipinski definition) is 2. The molecule has 0 saturated heterocycles. The SMILES string of the molecule is O=C(NCCCOCCBr)C1CCCc2ccccc21. The minimum absolute atomic E-state index is 0.0309. The van der Waals surface area contributed by atoms with Gasteiger partial charge in [-0.25, -0.2) is 0 Å². The van der Waals surface area contributed by atoms with Crippen molar-refractivity contribution in [2.24, 2.45) is 0 Å². The highest BCUT2D eigenvalue weighted by molar-refractivity contribution is 9.09. The van der Waals surface area contributed by atoms with Gasteiger partial charge in [0.25, 0.3) is 0 Å². The monoisotopic (exact) mass is 339 g/mol. The molecule has 1 aromatic rings. The van der Waals surface area contributed by atoms with Gasteiger partial charge >= 0.3 is 0 Å². The van der Waals surface area contributed by atoms with Crippen LogP contribution in [-0.4, -0.2) is 31.0 Å². The summed E-state index contributed by atoms with van der Waals surface area (Å²) in [4.78, 5) is 12.3. The van der Waals surface area contributed by atoms with Crippen LogP contribution in [-0.2, 0) is 16.0 Å². The molecule has 0 heterocycles. The Morgan fingerprint density at radius 1 is 1.35 bits per heavy atom. The van der Waals surface area contributed by atoms with Crippen molar-refractivity contribution in [1.82, 2.24) is 5.32 Å². The molecule has 1 aliphatic rings. The molecule has 1 amide bonds. The fraction of sp³-hybridized carbons (Fsp3) is 0.562. The van der Waals surface area contributed by atoms with Crippen molar-refractivity contribution in [3.63, 3.8) is 0 Å². The highest BCUT2D eigenvalue weighted by Crippen LogP contribution is 2.31. The summed E-state index contributed by atoms with van der Waals surface area (Å²) in [5.74, 6) is 0.195. The molecular formula is C16H22BrNO2. The van der Waals surface area contributed by atoms with Crippen LogP contribution in [0.4, 0.5) is 0 Å². The number of rotatable bonds is 7. The lowest BCUT2D eigenvalue weighted by Gasteiger charge is -2.24. The molecule has 1 aliphatic carbocycles. The topological polar surface area (TPSA) is 38.3 Å². The van der Waals surface area contributed by atoms with Crippen LogP contribution in [0, 0.1) is 0 Å². The second-order valence-electron chi connectivity index (χ2n) is 5.09. The van der Waals surface area contributed by atoms with Gasteiger partial charge in [-0.2, -0.15) is 0 Å². The molecule has 3 nitrogen and oxygen atoms in total. The normalized spacial score (nSPS) is 17.6. The maximum atomic E-state index is 12.3. The zero-order valence-electron chi connectivity index (χ0n) is 11.7. The average molecular weight is 340 g/mol. The largest absolute Gasteiger partial charge is 0.381 e. The van der Waals surface area contributed by atoms with E-state index in [1.165, 1.54) is 11.1 Å². The number of benzene rings is 1. The average Bonchev–Trinajstić information content (AvgIpc) is 2.50. The molecule has 0 fully saturated rings. The standard InChI is InChI=1S/C16H22BrNO2/c17-9-12-20-11-4-10-18-16(19)15-8-3-6-13-5-1-2-7-14(13)15/h1-2,5,7,15H,3-4,6,8-12H2,(H,18,19). The summed E-state index contributed by atoms with van der Waals surface area (Å²) < 4.78 is 5.37. The van der Waals surface area contributed by atoms with E-state index >= 15 is 0 Å². The van der Waals surface area contributed by atoms with Gasteiger partial charge in [-0.3, -0.25) is 4.79 Å². The fourth-order valence-electron chi connectivity index (χ4n) is 2.69. The van der Waals surface area contributed by atoms with Gasteiger partial charge in [-0.15, -0.1) is 0 Å². The Bertz CT molecular complexity index is 436. The molecule has 1 aromatic carbocycles.